The first-order valence-electron chi connectivity index (χ1n) is 5.90. The number of pyridine rings is 1. The molecule has 0 saturated heterocycles. The molecule has 0 bridgehead atoms. The van der Waals surface area contributed by atoms with Crippen molar-refractivity contribution in [2.75, 3.05) is 20.1 Å². The second-order valence-electron chi connectivity index (χ2n) is 4.12. The standard InChI is InChI=1S/C13H22N2/c1-3-11-15(2)12-5-4-6-13-7-9-14-10-8-13/h7-10H,3-6,11-12H2,1-2H3. The molecule has 0 radical (unpaired) electrons. The van der Waals surface area contributed by atoms with E-state index in [1.54, 1.807) is 0 Å². The number of aromatic nitrogens is 1. The van der Waals surface area contributed by atoms with E-state index in [2.05, 4.69) is 36.0 Å². The Morgan fingerprint density at radius 3 is 2.53 bits per heavy atom. The molecule has 0 N–H and O–H groups in total. The molecule has 15 heavy (non-hydrogen) atoms. The van der Waals surface area contributed by atoms with Gasteiger partial charge in [0.2, 0.25) is 0 Å². The number of rotatable bonds is 7. The summed E-state index contributed by atoms with van der Waals surface area (Å²) in [6, 6.07) is 4.21. The summed E-state index contributed by atoms with van der Waals surface area (Å²) < 4.78 is 0. The van der Waals surface area contributed by atoms with Crippen molar-refractivity contribution in [3.8, 4) is 0 Å². The first kappa shape index (κ1) is 12.2. The Morgan fingerprint density at radius 2 is 1.87 bits per heavy atom. The van der Waals surface area contributed by atoms with Crippen molar-refractivity contribution in [3.05, 3.63) is 30.1 Å². The van der Waals surface area contributed by atoms with Gasteiger partial charge in [0, 0.05) is 12.4 Å². The average Bonchev–Trinajstić information content (AvgIpc) is 2.26. The smallest absolute Gasteiger partial charge is 0.0270 e. The van der Waals surface area contributed by atoms with Gasteiger partial charge in [-0.25, -0.2) is 0 Å². The minimum atomic E-state index is 1.18. The normalized spacial score (nSPS) is 10.9. The van der Waals surface area contributed by atoms with E-state index < -0.39 is 0 Å². The summed E-state index contributed by atoms with van der Waals surface area (Å²) in [5.41, 5.74) is 1.41. The van der Waals surface area contributed by atoms with Crippen LogP contribution < -0.4 is 0 Å². The first-order chi connectivity index (χ1) is 7.33. The third kappa shape index (κ3) is 5.53. The van der Waals surface area contributed by atoms with Gasteiger partial charge in [-0.1, -0.05) is 6.92 Å². The maximum atomic E-state index is 4.02. The molecule has 0 saturated carbocycles. The average molecular weight is 206 g/mol. The molecule has 0 aliphatic carbocycles. The van der Waals surface area contributed by atoms with Gasteiger partial charge >= 0.3 is 0 Å². The molecule has 0 unspecified atom stereocenters. The molecule has 0 spiro atoms. The van der Waals surface area contributed by atoms with Crippen LogP contribution in [0, 0.1) is 0 Å². The van der Waals surface area contributed by atoms with Crippen LogP contribution >= 0.6 is 0 Å². The predicted octanol–water partition coefficient (Wildman–Crippen LogP) is 2.75. The van der Waals surface area contributed by atoms with Gasteiger partial charge in [0.25, 0.3) is 0 Å². The van der Waals surface area contributed by atoms with Crippen LogP contribution in [0.2, 0.25) is 0 Å². The monoisotopic (exact) mass is 206 g/mol. The summed E-state index contributed by atoms with van der Waals surface area (Å²) in [5, 5.41) is 0. The van der Waals surface area contributed by atoms with Gasteiger partial charge in [-0.3, -0.25) is 4.98 Å². The number of hydrogen-bond acceptors (Lipinski definition) is 2. The minimum absolute atomic E-state index is 1.18. The fraction of sp³-hybridized carbons (Fsp3) is 0.615. The molecule has 0 aromatic carbocycles. The summed E-state index contributed by atoms with van der Waals surface area (Å²) in [5.74, 6) is 0. The van der Waals surface area contributed by atoms with Gasteiger partial charge in [0.1, 0.15) is 0 Å². The lowest BCUT2D eigenvalue weighted by Gasteiger charge is -2.14. The minimum Gasteiger partial charge on any atom is -0.306 e. The Bertz CT molecular complexity index is 246. The van der Waals surface area contributed by atoms with Gasteiger partial charge in [-0.15, -0.1) is 0 Å². The maximum absolute atomic E-state index is 4.02. The number of aryl methyl sites for hydroxylation is 1. The molecule has 1 heterocycles. The van der Waals surface area contributed by atoms with Crippen molar-refractivity contribution in [1.82, 2.24) is 9.88 Å². The Labute approximate surface area is 93.3 Å². The lowest BCUT2D eigenvalue weighted by molar-refractivity contribution is 0.326. The Balaban J connectivity index is 2.07. The summed E-state index contributed by atoms with van der Waals surface area (Å²) in [6.45, 7) is 4.67. The highest BCUT2D eigenvalue weighted by molar-refractivity contribution is 5.09. The van der Waals surface area contributed by atoms with Gasteiger partial charge in [-0.2, -0.15) is 0 Å². The van der Waals surface area contributed by atoms with Crippen LogP contribution in [0.1, 0.15) is 31.7 Å². The van der Waals surface area contributed by atoms with Crippen LogP contribution in [0.15, 0.2) is 24.5 Å². The molecule has 2 nitrogen and oxygen atoms in total. The van der Waals surface area contributed by atoms with Crippen molar-refractivity contribution < 1.29 is 0 Å². The fourth-order valence-electron chi connectivity index (χ4n) is 1.75. The highest BCUT2D eigenvalue weighted by Gasteiger charge is 1.96. The lowest BCUT2D eigenvalue weighted by Crippen LogP contribution is -2.20. The summed E-state index contributed by atoms with van der Waals surface area (Å²) in [4.78, 5) is 6.43. The first-order valence-corrected chi connectivity index (χ1v) is 5.90. The van der Waals surface area contributed by atoms with Gasteiger partial charge in [0.05, 0.1) is 0 Å². The fourth-order valence-corrected chi connectivity index (χ4v) is 1.75. The molecule has 0 fully saturated rings. The van der Waals surface area contributed by atoms with Crippen molar-refractivity contribution in [2.45, 2.75) is 32.6 Å². The van der Waals surface area contributed by atoms with Crippen molar-refractivity contribution in [2.24, 2.45) is 0 Å². The van der Waals surface area contributed by atoms with E-state index in [1.807, 2.05) is 12.4 Å². The highest BCUT2D eigenvalue weighted by Crippen LogP contribution is 2.03. The molecule has 0 amide bonds. The van der Waals surface area contributed by atoms with Crippen LogP contribution in [0.3, 0.4) is 0 Å². The predicted molar refractivity (Wildman–Crippen MR) is 65.0 cm³/mol. The summed E-state index contributed by atoms with van der Waals surface area (Å²) >= 11 is 0. The van der Waals surface area contributed by atoms with E-state index in [1.165, 1.54) is 44.3 Å². The molecular formula is C13H22N2. The largest absolute Gasteiger partial charge is 0.306 e. The zero-order chi connectivity index (χ0) is 10.9. The Kier molecular flexibility index (Phi) is 6.02. The molecule has 0 atom stereocenters. The van der Waals surface area contributed by atoms with Crippen LogP contribution in [0.25, 0.3) is 0 Å². The number of hydrogen-bond donors (Lipinski definition) is 0. The Morgan fingerprint density at radius 1 is 1.13 bits per heavy atom. The van der Waals surface area contributed by atoms with Crippen molar-refractivity contribution in [1.29, 1.82) is 0 Å². The second kappa shape index (κ2) is 7.41. The second-order valence-corrected chi connectivity index (χ2v) is 4.12. The molecule has 2 heteroatoms. The quantitative estimate of drug-likeness (QED) is 0.638. The van der Waals surface area contributed by atoms with Gasteiger partial charge in [0.15, 0.2) is 0 Å². The zero-order valence-electron chi connectivity index (χ0n) is 9.95. The zero-order valence-corrected chi connectivity index (χ0v) is 9.95. The van der Waals surface area contributed by atoms with E-state index in [0.717, 1.165) is 0 Å². The number of unbranched alkanes of at least 4 members (excludes halogenated alkanes) is 1. The lowest BCUT2D eigenvalue weighted by atomic mass is 10.1. The van der Waals surface area contributed by atoms with E-state index in [-0.39, 0.29) is 0 Å². The topological polar surface area (TPSA) is 16.1 Å². The van der Waals surface area contributed by atoms with Crippen molar-refractivity contribution >= 4 is 0 Å². The summed E-state index contributed by atoms with van der Waals surface area (Å²) in [6.07, 6.45) is 8.75. The molecule has 1 aromatic rings. The number of nitrogens with zero attached hydrogens (tertiary/aromatic N) is 2. The molecule has 1 rings (SSSR count). The third-order valence-electron chi connectivity index (χ3n) is 2.61. The molecule has 0 aliphatic rings. The van der Waals surface area contributed by atoms with E-state index in [0.29, 0.717) is 0 Å². The van der Waals surface area contributed by atoms with Gasteiger partial charge < -0.3 is 4.90 Å². The summed E-state index contributed by atoms with van der Waals surface area (Å²) in [7, 11) is 2.20. The molecular weight excluding hydrogens is 184 g/mol. The maximum Gasteiger partial charge on any atom is 0.0270 e. The van der Waals surface area contributed by atoms with Crippen LogP contribution in [-0.2, 0) is 6.42 Å². The SMILES string of the molecule is CCCN(C)CCCCc1ccncc1. The van der Waals surface area contributed by atoms with Crippen LogP contribution in [-0.4, -0.2) is 30.0 Å². The molecule has 0 aliphatic heterocycles. The van der Waals surface area contributed by atoms with E-state index in [4.69, 9.17) is 0 Å². The van der Waals surface area contributed by atoms with Crippen molar-refractivity contribution in [3.63, 3.8) is 0 Å². The van der Waals surface area contributed by atoms with Gasteiger partial charge in [-0.05, 0) is 63.5 Å². The van der Waals surface area contributed by atoms with Crippen LogP contribution in [0.5, 0.6) is 0 Å². The van der Waals surface area contributed by atoms with Crippen LogP contribution in [0.4, 0.5) is 0 Å². The van der Waals surface area contributed by atoms with E-state index in [9.17, 15) is 0 Å². The molecule has 84 valence electrons. The highest BCUT2D eigenvalue weighted by atomic mass is 15.1. The molecule has 1 aromatic heterocycles. The Hall–Kier alpha value is -0.890. The van der Waals surface area contributed by atoms with E-state index >= 15 is 0 Å². The third-order valence-corrected chi connectivity index (χ3v) is 2.61.